The molecule has 0 bridgehead atoms. The molecule has 0 saturated heterocycles. The molecule has 1 aromatic carbocycles. The minimum absolute atomic E-state index is 0.686. The highest BCUT2D eigenvalue weighted by Gasteiger charge is 2.36. The van der Waals surface area contributed by atoms with Crippen molar-refractivity contribution in [2.45, 2.75) is 50.9 Å². The van der Waals surface area contributed by atoms with Gasteiger partial charge in [-0.15, -0.1) is 0 Å². The van der Waals surface area contributed by atoms with Crippen molar-refractivity contribution in [2.75, 3.05) is 6.61 Å². The second kappa shape index (κ2) is 6.09. The lowest BCUT2D eigenvalue weighted by Gasteiger charge is -2.30. The molecule has 0 N–H and O–H groups in total. The molecule has 1 aliphatic rings. The number of unbranched alkanes of at least 4 members (excludes halogenated alkanes) is 1. The SMILES string of the molecule is CCCCOc1ccc(C2(C(=O)[O-])CCCC2)cc1. The molecule has 19 heavy (non-hydrogen) atoms. The van der Waals surface area contributed by atoms with Gasteiger partial charge in [-0.2, -0.15) is 0 Å². The molecule has 0 heterocycles. The highest BCUT2D eigenvalue weighted by atomic mass is 16.5. The van der Waals surface area contributed by atoms with E-state index in [1.807, 2.05) is 24.3 Å². The van der Waals surface area contributed by atoms with Gasteiger partial charge in [0, 0.05) is 5.41 Å². The normalized spacial score (nSPS) is 17.3. The van der Waals surface area contributed by atoms with Crippen LogP contribution in [-0.2, 0) is 10.2 Å². The van der Waals surface area contributed by atoms with Crippen molar-refractivity contribution in [3.05, 3.63) is 29.8 Å². The molecule has 0 aliphatic heterocycles. The molecule has 0 atom stereocenters. The van der Waals surface area contributed by atoms with E-state index in [1.54, 1.807) is 0 Å². The molecule has 3 heteroatoms. The Morgan fingerprint density at radius 1 is 1.26 bits per heavy atom. The minimum Gasteiger partial charge on any atom is -0.549 e. The Morgan fingerprint density at radius 3 is 2.42 bits per heavy atom. The predicted octanol–water partition coefficient (Wildman–Crippen LogP) is 2.43. The van der Waals surface area contributed by atoms with Crippen molar-refractivity contribution in [3.63, 3.8) is 0 Å². The van der Waals surface area contributed by atoms with Gasteiger partial charge in [0.25, 0.3) is 0 Å². The van der Waals surface area contributed by atoms with Gasteiger partial charge in [-0.3, -0.25) is 0 Å². The summed E-state index contributed by atoms with van der Waals surface area (Å²) in [7, 11) is 0. The lowest BCUT2D eigenvalue weighted by atomic mass is 9.79. The first-order chi connectivity index (χ1) is 9.19. The van der Waals surface area contributed by atoms with Gasteiger partial charge in [0.1, 0.15) is 5.75 Å². The lowest BCUT2D eigenvalue weighted by Crippen LogP contribution is -2.43. The fourth-order valence-corrected chi connectivity index (χ4v) is 2.79. The first-order valence-corrected chi connectivity index (χ1v) is 7.14. The van der Waals surface area contributed by atoms with E-state index in [9.17, 15) is 9.90 Å². The van der Waals surface area contributed by atoms with E-state index in [0.717, 1.165) is 37.0 Å². The van der Waals surface area contributed by atoms with Crippen molar-refractivity contribution < 1.29 is 14.6 Å². The van der Waals surface area contributed by atoms with Crippen molar-refractivity contribution in [1.82, 2.24) is 0 Å². The van der Waals surface area contributed by atoms with E-state index in [-0.39, 0.29) is 0 Å². The number of hydrogen-bond acceptors (Lipinski definition) is 3. The molecule has 104 valence electrons. The maximum absolute atomic E-state index is 11.5. The van der Waals surface area contributed by atoms with Crippen LogP contribution in [0.25, 0.3) is 0 Å². The summed E-state index contributed by atoms with van der Waals surface area (Å²) in [6.45, 7) is 2.83. The van der Waals surface area contributed by atoms with Crippen LogP contribution in [0.4, 0.5) is 0 Å². The lowest BCUT2D eigenvalue weighted by molar-refractivity contribution is -0.313. The number of hydrogen-bond donors (Lipinski definition) is 0. The van der Waals surface area contributed by atoms with Gasteiger partial charge in [-0.05, 0) is 37.0 Å². The molecule has 2 rings (SSSR count). The summed E-state index contributed by atoms with van der Waals surface area (Å²) in [6, 6.07) is 7.49. The number of benzene rings is 1. The highest BCUT2D eigenvalue weighted by Crippen LogP contribution is 2.41. The van der Waals surface area contributed by atoms with Gasteiger partial charge in [-0.1, -0.05) is 38.3 Å². The number of carbonyl (C=O) groups is 1. The van der Waals surface area contributed by atoms with Crippen molar-refractivity contribution >= 4 is 5.97 Å². The average Bonchev–Trinajstić information content (AvgIpc) is 2.90. The Labute approximate surface area is 114 Å². The van der Waals surface area contributed by atoms with Gasteiger partial charge < -0.3 is 14.6 Å². The molecule has 0 amide bonds. The summed E-state index contributed by atoms with van der Waals surface area (Å²) in [5, 5.41) is 11.5. The number of carboxylic acid groups (broad SMARTS) is 1. The third-order valence-corrected chi connectivity index (χ3v) is 4.02. The fraction of sp³-hybridized carbons (Fsp3) is 0.562. The maximum atomic E-state index is 11.5. The standard InChI is InChI=1S/C16H22O3/c1-2-3-12-19-14-8-6-13(7-9-14)16(15(17)18)10-4-5-11-16/h6-9H,2-5,10-12H2,1H3,(H,17,18)/p-1. The smallest absolute Gasteiger partial charge is 0.119 e. The number of carbonyl (C=O) groups excluding carboxylic acids is 1. The minimum atomic E-state index is -0.940. The Bertz CT molecular complexity index is 416. The van der Waals surface area contributed by atoms with E-state index in [4.69, 9.17) is 4.74 Å². The zero-order valence-corrected chi connectivity index (χ0v) is 11.5. The molecule has 0 radical (unpaired) electrons. The summed E-state index contributed by atoms with van der Waals surface area (Å²) >= 11 is 0. The van der Waals surface area contributed by atoms with Crippen LogP contribution in [0.15, 0.2) is 24.3 Å². The second-order valence-electron chi connectivity index (χ2n) is 5.30. The average molecular weight is 261 g/mol. The molecular formula is C16H21O3-. The zero-order valence-electron chi connectivity index (χ0n) is 11.5. The third kappa shape index (κ3) is 2.91. The second-order valence-corrected chi connectivity index (χ2v) is 5.30. The summed E-state index contributed by atoms with van der Waals surface area (Å²) in [6.07, 6.45) is 5.43. The molecule has 3 nitrogen and oxygen atoms in total. The van der Waals surface area contributed by atoms with Crippen molar-refractivity contribution in [2.24, 2.45) is 0 Å². The number of ether oxygens (including phenoxy) is 1. The third-order valence-electron chi connectivity index (χ3n) is 4.02. The molecule has 0 aromatic heterocycles. The van der Waals surface area contributed by atoms with Crippen LogP contribution in [0.2, 0.25) is 0 Å². The van der Waals surface area contributed by atoms with Crippen LogP contribution in [-0.4, -0.2) is 12.6 Å². The topological polar surface area (TPSA) is 49.4 Å². The van der Waals surface area contributed by atoms with Gasteiger partial charge in [0.15, 0.2) is 0 Å². The molecule has 1 fully saturated rings. The van der Waals surface area contributed by atoms with Crippen LogP contribution in [0.3, 0.4) is 0 Å². The largest absolute Gasteiger partial charge is 0.549 e. The van der Waals surface area contributed by atoms with E-state index in [0.29, 0.717) is 19.4 Å². The number of carboxylic acids is 1. The number of rotatable bonds is 6. The summed E-state index contributed by atoms with van der Waals surface area (Å²) in [5.41, 5.74) is 0.0786. The van der Waals surface area contributed by atoms with Crippen molar-refractivity contribution in [1.29, 1.82) is 0 Å². The zero-order chi connectivity index (χ0) is 13.7. The first-order valence-electron chi connectivity index (χ1n) is 7.14. The first kappa shape index (κ1) is 13.9. The van der Waals surface area contributed by atoms with E-state index < -0.39 is 11.4 Å². The highest BCUT2D eigenvalue weighted by molar-refractivity contribution is 5.80. The fourth-order valence-electron chi connectivity index (χ4n) is 2.79. The van der Waals surface area contributed by atoms with E-state index in [1.165, 1.54) is 0 Å². The van der Waals surface area contributed by atoms with Crippen molar-refractivity contribution in [3.8, 4) is 5.75 Å². The predicted molar refractivity (Wildman–Crippen MR) is 72.0 cm³/mol. The monoisotopic (exact) mass is 261 g/mol. The van der Waals surface area contributed by atoms with Gasteiger partial charge >= 0.3 is 0 Å². The Kier molecular flexibility index (Phi) is 4.46. The van der Waals surface area contributed by atoms with Crippen LogP contribution >= 0.6 is 0 Å². The maximum Gasteiger partial charge on any atom is 0.119 e. The van der Waals surface area contributed by atoms with Crippen LogP contribution < -0.4 is 9.84 Å². The number of aliphatic carboxylic acids is 1. The van der Waals surface area contributed by atoms with Crippen LogP contribution in [0.1, 0.15) is 51.0 Å². The van der Waals surface area contributed by atoms with Gasteiger partial charge in [0.05, 0.1) is 12.6 Å². The summed E-state index contributed by atoms with van der Waals surface area (Å²) < 4.78 is 5.59. The molecular weight excluding hydrogens is 240 g/mol. The molecule has 1 aliphatic carbocycles. The Hall–Kier alpha value is -1.51. The van der Waals surface area contributed by atoms with Crippen LogP contribution in [0, 0.1) is 0 Å². The molecule has 0 spiro atoms. The Balaban J connectivity index is 2.10. The van der Waals surface area contributed by atoms with Crippen LogP contribution in [0.5, 0.6) is 5.75 Å². The van der Waals surface area contributed by atoms with Gasteiger partial charge in [-0.25, -0.2) is 0 Å². The molecule has 0 unspecified atom stereocenters. The molecule has 1 aromatic rings. The van der Waals surface area contributed by atoms with Gasteiger partial charge in [0.2, 0.25) is 0 Å². The summed E-state index contributed by atoms with van der Waals surface area (Å²) in [5.74, 6) is -0.131. The van der Waals surface area contributed by atoms with E-state index in [2.05, 4.69) is 6.92 Å². The summed E-state index contributed by atoms with van der Waals surface area (Å²) in [4.78, 5) is 11.5. The van der Waals surface area contributed by atoms with E-state index >= 15 is 0 Å². The quantitative estimate of drug-likeness (QED) is 0.739. The Morgan fingerprint density at radius 2 is 1.89 bits per heavy atom. The molecule has 1 saturated carbocycles.